The number of nitrogens with zero attached hydrogens (tertiary/aromatic N) is 2. The molecule has 0 aromatic carbocycles. The zero-order chi connectivity index (χ0) is 9.14. The fourth-order valence-corrected chi connectivity index (χ4v) is 0.699. The topological polar surface area (TPSA) is 96.7 Å². The first-order valence-corrected chi connectivity index (χ1v) is 3.58. The lowest BCUT2D eigenvalue weighted by atomic mass is 10.2. The molecular formula is C6H11N5O. The number of nitrogens with one attached hydrogen (secondary N) is 2. The maximum Gasteiger partial charge on any atom is 0.319 e. The first-order chi connectivity index (χ1) is 5.59. The molecule has 6 heteroatoms. The molecule has 0 aliphatic carbocycles. The molecule has 1 aromatic rings. The van der Waals surface area contributed by atoms with Crippen molar-refractivity contribution in [3.63, 3.8) is 0 Å². The lowest BCUT2D eigenvalue weighted by Gasteiger charge is -1.95. The standard InChI is InChI=1S/C6H11N5O/c1-3(2)4-8-6(11-10-4)9-5(7)12/h3H,1-2H3,(H4,7,8,9,10,11,12). The van der Waals surface area contributed by atoms with Gasteiger partial charge in [-0.05, 0) is 0 Å². The van der Waals surface area contributed by atoms with E-state index in [1.165, 1.54) is 0 Å². The molecule has 12 heavy (non-hydrogen) atoms. The summed E-state index contributed by atoms with van der Waals surface area (Å²) in [6, 6.07) is -0.663. The predicted molar refractivity (Wildman–Crippen MR) is 43.7 cm³/mol. The van der Waals surface area contributed by atoms with Crippen molar-refractivity contribution in [2.45, 2.75) is 19.8 Å². The molecule has 0 spiro atoms. The maximum absolute atomic E-state index is 10.4. The number of nitrogens with two attached hydrogens (primary N) is 1. The molecule has 0 saturated carbocycles. The fraction of sp³-hybridized carbons (Fsp3) is 0.500. The first kappa shape index (κ1) is 8.51. The van der Waals surface area contributed by atoms with Crippen LogP contribution in [0.2, 0.25) is 0 Å². The Bertz CT molecular complexity index is 279. The van der Waals surface area contributed by atoms with Crippen molar-refractivity contribution < 1.29 is 4.79 Å². The molecule has 66 valence electrons. The van der Waals surface area contributed by atoms with Gasteiger partial charge in [0.25, 0.3) is 0 Å². The summed E-state index contributed by atoms with van der Waals surface area (Å²) in [6.45, 7) is 3.93. The largest absolute Gasteiger partial charge is 0.351 e. The third-order valence-corrected chi connectivity index (χ3v) is 1.28. The summed E-state index contributed by atoms with van der Waals surface area (Å²) >= 11 is 0. The van der Waals surface area contributed by atoms with Crippen molar-refractivity contribution in [3.8, 4) is 0 Å². The average Bonchev–Trinajstić information content (AvgIpc) is 2.34. The Morgan fingerprint density at radius 3 is 2.75 bits per heavy atom. The van der Waals surface area contributed by atoms with Crippen molar-refractivity contribution >= 4 is 12.0 Å². The zero-order valence-electron chi connectivity index (χ0n) is 6.96. The number of H-pyrrole nitrogens is 1. The molecule has 0 aliphatic heterocycles. The number of primary amides is 1. The minimum Gasteiger partial charge on any atom is -0.351 e. The highest BCUT2D eigenvalue weighted by Crippen LogP contribution is 2.09. The summed E-state index contributed by atoms with van der Waals surface area (Å²) < 4.78 is 0. The molecule has 0 bridgehead atoms. The van der Waals surface area contributed by atoms with Gasteiger partial charge in [-0.25, -0.2) is 4.79 Å². The summed E-state index contributed by atoms with van der Waals surface area (Å²) in [7, 11) is 0. The van der Waals surface area contributed by atoms with Crippen molar-refractivity contribution in [2.24, 2.45) is 5.73 Å². The SMILES string of the molecule is CC(C)c1nc(NC(N)=O)n[nH]1. The zero-order valence-corrected chi connectivity index (χ0v) is 6.96. The number of urea groups is 1. The monoisotopic (exact) mass is 169 g/mol. The van der Waals surface area contributed by atoms with Gasteiger partial charge < -0.3 is 5.73 Å². The Labute approximate surface area is 69.6 Å². The van der Waals surface area contributed by atoms with Gasteiger partial charge >= 0.3 is 6.03 Å². The summed E-state index contributed by atoms with van der Waals surface area (Å²) in [5.74, 6) is 1.19. The van der Waals surface area contributed by atoms with Gasteiger partial charge in [-0.15, -0.1) is 5.10 Å². The highest BCUT2D eigenvalue weighted by atomic mass is 16.2. The second-order valence-electron chi connectivity index (χ2n) is 2.69. The van der Waals surface area contributed by atoms with Gasteiger partial charge in [0.15, 0.2) is 0 Å². The van der Waals surface area contributed by atoms with Gasteiger partial charge in [0.05, 0.1) is 0 Å². The van der Waals surface area contributed by atoms with Crippen LogP contribution in [-0.4, -0.2) is 21.2 Å². The number of aromatic nitrogens is 3. The highest BCUT2D eigenvalue weighted by Gasteiger charge is 2.06. The van der Waals surface area contributed by atoms with Gasteiger partial charge in [0.1, 0.15) is 5.82 Å². The highest BCUT2D eigenvalue weighted by molar-refractivity contribution is 5.85. The van der Waals surface area contributed by atoms with E-state index in [2.05, 4.69) is 20.5 Å². The van der Waals surface area contributed by atoms with Crippen molar-refractivity contribution in [1.29, 1.82) is 0 Å². The molecule has 1 aromatic heterocycles. The number of amides is 2. The predicted octanol–water partition coefficient (Wildman–Crippen LogP) is 0.419. The summed E-state index contributed by atoms with van der Waals surface area (Å²) in [5, 5.41) is 8.67. The number of aromatic amines is 1. The van der Waals surface area contributed by atoms with Crippen molar-refractivity contribution in [2.75, 3.05) is 5.32 Å². The molecule has 0 aliphatic rings. The lowest BCUT2D eigenvalue weighted by Crippen LogP contribution is -2.20. The van der Waals surface area contributed by atoms with Crippen LogP contribution in [0.5, 0.6) is 0 Å². The average molecular weight is 169 g/mol. The van der Waals surface area contributed by atoms with E-state index in [1.807, 2.05) is 13.8 Å². The van der Waals surface area contributed by atoms with E-state index in [-0.39, 0.29) is 11.9 Å². The van der Waals surface area contributed by atoms with Crippen LogP contribution >= 0.6 is 0 Å². The van der Waals surface area contributed by atoms with Gasteiger partial charge in [-0.1, -0.05) is 13.8 Å². The van der Waals surface area contributed by atoms with E-state index in [9.17, 15) is 4.79 Å². The molecule has 2 amide bonds. The number of hydrogen-bond acceptors (Lipinski definition) is 3. The second-order valence-corrected chi connectivity index (χ2v) is 2.69. The molecule has 6 nitrogen and oxygen atoms in total. The molecule has 4 N–H and O–H groups in total. The molecule has 0 unspecified atom stereocenters. The van der Waals surface area contributed by atoms with Crippen molar-refractivity contribution in [1.82, 2.24) is 15.2 Å². The molecular weight excluding hydrogens is 158 g/mol. The van der Waals surface area contributed by atoms with Crippen LogP contribution in [0.4, 0.5) is 10.7 Å². The minimum absolute atomic E-state index is 0.214. The number of carbonyl (C=O) groups excluding carboxylic acids is 1. The van der Waals surface area contributed by atoms with Gasteiger partial charge in [0, 0.05) is 5.92 Å². The molecule has 0 fully saturated rings. The van der Waals surface area contributed by atoms with E-state index in [0.29, 0.717) is 0 Å². The summed E-state index contributed by atoms with van der Waals surface area (Å²) in [5.41, 5.74) is 4.87. The second kappa shape index (κ2) is 3.21. The van der Waals surface area contributed by atoms with Crippen molar-refractivity contribution in [3.05, 3.63) is 5.82 Å². The Morgan fingerprint density at radius 2 is 2.33 bits per heavy atom. The van der Waals surface area contributed by atoms with Crippen LogP contribution in [0.3, 0.4) is 0 Å². The van der Waals surface area contributed by atoms with E-state index >= 15 is 0 Å². The van der Waals surface area contributed by atoms with E-state index < -0.39 is 6.03 Å². The normalized spacial score (nSPS) is 10.2. The number of rotatable bonds is 2. The number of anilines is 1. The fourth-order valence-electron chi connectivity index (χ4n) is 0.699. The van der Waals surface area contributed by atoms with Gasteiger partial charge in [-0.3, -0.25) is 10.4 Å². The number of hydrogen-bond donors (Lipinski definition) is 3. The lowest BCUT2D eigenvalue weighted by molar-refractivity contribution is 0.259. The Kier molecular flexibility index (Phi) is 2.27. The Hall–Kier alpha value is -1.59. The van der Waals surface area contributed by atoms with Crippen LogP contribution in [0.1, 0.15) is 25.6 Å². The molecule has 0 atom stereocenters. The van der Waals surface area contributed by atoms with E-state index in [4.69, 9.17) is 5.73 Å². The van der Waals surface area contributed by atoms with Crippen LogP contribution in [0.15, 0.2) is 0 Å². The first-order valence-electron chi connectivity index (χ1n) is 3.58. The molecule has 0 radical (unpaired) electrons. The third-order valence-electron chi connectivity index (χ3n) is 1.28. The minimum atomic E-state index is -0.663. The summed E-state index contributed by atoms with van der Waals surface area (Å²) in [4.78, 5) is 14.3. The Morgan fingerprint density at radius 1 is 1.67 bits per heavy atom. The Balaban J connectivity index is 2.70. The third kappa shape index (κ3) is 1.94. The smallest absolute Gasteiger partial charge is 0.319 e. The van der Waals surface area contributed by atoms with Crippen LogP contribution in [-0.2, 0) is 0 Å². The molecule has 0 saturated heterocycles. The van der Waals surface area contributed by atoms with Gasteiger partial charge in [-0.2, -0.15) is 4.98 Å². The molecule has 1 heterocycles. The summed E-state index contributed by atoms with van der Waals surface area (Å²) in [6.07, 6.45) is 0. The van der Waals surface area contributed by atoms with Crippen LogP contribution in [0, 0.1) is 0 Å². The van der Waals surface area contributed by atoms with Crippen LogP contribution < -0.4 is 11.1 Å². The van der Waals surface area contributed by atoms with Crippen LogP contribution in [0.25, 0.3) is 0 Å². The van der Waals surface area contributed by atoms with Gasteiger partial charge in [0.2, 0.25) is 5.95 Å². The quantitative estimate of drug-likeness (QED) is 0.598. The maximum atomic E-state index is 10.4. The van der Waals surface area contributed by atoms with E-state index in [1.54, 1.807) is 0 Å². The molecule has 1 rings (SSSR count). The number of carbonyl (C=O) groups is 1. The van der Waals surface area contributed by atoms with E-state index in [0.717, 1.165) is 5.82 Å².